The Hall–Kier alpha value is -0.830. The number of nitrogens with one attached hydrogen (secondary N) is 1. The van der Waals surface area contributed by atoms with Crippen molar-refractivity contribution in [3.63, 3.8) is 0 Å². The summed E-state index contributed by atoms with van der Waals surface area (Å²) in [6, 6.07) is 0.563. The van der Waals surface area contributed by atoms with Gasteiger partial charge in [0.1, 0.15) is 0 Å². The van der Waals surface area contributed by atoms with Gasteiger partial charge in [0.25, 0.3) is 0 Å². The van der Waals surface area contributed by atoms with Crippen LogP contribution in [0.2, 0.25) is 0 Å². The zero-order chi connectivity index (χ0) is 9.97. The Bertz CT molecular complexity index is 252. The van der Waals surface area contributed by atoms with Gasteiger partial charge in [-0.25, -0.2) is 0 Å². The van der Waals surface area contributed by atoms with Crippen molar-refractivity contribution in [1.82, 2.24) is 5.32 Å². The standard InChI is InChI=1S/C11H17NO2/c1-8-2-3-9(6-12-8)11(13)10-4-5-14-7-10/h7-9,12H,2-6H2,1H3. The molecule has 0 aromatic heterocycles. The van der Waals surface area contributed by atoms with Crippen LogP contribution in [-0.2, 0) is 9.53 Å². The van der Waals surface area contributed by atoms with Crippen molar-refractivity contribution in [3.05, 3.63) is 11.8 Å². The number of rotatable bonds is 2. The fourth-order valence-electron chi connectivity index (χ4n) is 2.05. The lowest BCUT2D eigenvalue weighted by Crippen LogP contribution is -2.40. The summed E-state index contributed by atoms with van der Waals surface area (Å²) in [4.78, 5) is 11.9. The second kappa shape index (κ2) is 4.13. The van der Waals surface area contributed by atoms with Gasteiger partial charge in [-0.2, -0.15) is 0 Å². The van der Waals surface area contributed by atoms with Crippen LogP contribution in [0.1, 0.15) is 26.2 Å². The summed E-state index contributed by atoms with van der Waals surface area (Å²) in [6.07, 6.45) is 4.56. The quantitative estimate of drug-likeness (QED) is 0.720. The van der Waals surface area contributed by atoms with E-state index in [-0.39, 0.29) is 5.92 Å². The van der Waals surface area contributed by atoms with Gasteiger partial charge in [0, 0.05) is 30.5 Å². The van der Waals surface area contributed by atoms with Crippen molar-refractivity contribution in [2.24, 2.45) is 5.92 Å². The van der Waals surface area contributed by atoms with Crippen LogP contribution < -0.4 is 5.32 Å². The van der Waals surface area contributed by atoms with Crippen molar-refractivity contribution < 1.29 is 9.53 Å². The smallest absolute Gasteiger partial charge is 0.166 e. The molecule has 3 heteroatoms. The van der Waals surface area contributed by atoms with Crippen molar-refractivity contribution in [2.75, 3.05) is 13.2 Å². The van der Waals surface area contributed by atoms with Crippen LogP contribution in [0.4, 0.5) is 0 Å². The zero-order valence-electron chi connectivity index (χ0n) is 8.58. The van der Waals surface area contributed by atoms with E-state index in [9.17, 15) is 4.79 Å². The molecular weight excluding hydrogens is 178 g/mol. The molecule has 2 unspecified atom stereocenters. The van der Waals surface area contributed by atoms with Crippen LogP contribution in [-0.4, -0.2) is 25.0 Å². The molecule has 3 nitrogen and oxygen atoms in total. The van der Waals surface area contributed by atoms with Gasteiger partial charge >= 0.3 is 0 Å². The Kier molecular flexibility index (Phi) is 2.87. The molecule has 2 aliphatic heterocycles. The fraction of sp³-hybridized carbons (Fsp3) is 0.727. The first kappa shape index (κ1) is 9.71. The molecule has 0 spiro atoms. The van der Waals surface area contributed by atoms with E-state index in [1.54, 1.807) is 6.26 Å². The Morgan fingerprint density at radius 1 is 1.57 bits per heavy atom. The summed E-state index contributed by atoms with van der Waals surface area (Å²) in [7, 11) is 0. The summed E-state index contributed by atoms with van der Waals surface area (Å²) < 4.78 is 5.09. The van der Waals surface area contributed by atoms with Crippen LogP contribution in [0, 0.1) is 5.92 Å². The van der Waals surface area contributed by atoms with E-state index in [1.807, 2.05) is 0 Å². The number of hydrogen-bond donors (Lipinski definition) is 1. The van der Waals surface area contributed by atoms with Gasteiger partial charge in [-0.1, -0.05) is 0 Å². The van der Waals surface area contributed by atoms with E-state index in [0.717, 1.165) is 31.4 Å². The molecule has 0 aliphatic carbocycles. The maximum absolute atomic E-state index is 11.9. The van der Waals surface area contributed by atoms with E-state index >= 15 is 0 Å². The molecule has 1 saturated heterocycles. The molecule has 2 atom stereocenters. The summed E-state index contributed by atoms with van der Waals surface area (Å²) in [5.74, 6) is 0.473. The monoisotopic (exact) mass is 195 g/mol. The third-order valence-electron chi connectivity index (χ3n) is 3.06. The predicted molar refractivity (Wildman–Crippen MR) is 53.8 cm³/mol. The molecule has 2 rings (SSSR count). The van der Waals surface area contributed by atoms with Crippen LogP contribution in [0.5, 0.6) is 0 Å². The molecule has 0 radical (unpaired) electrons. The summed E-state index contributed by atoms with van der Waals surface area (Å²) >= 11 is 0. The lowest BCUT2D eigenvalue weighted by atomic mass is 9.88. The number of Topliss-reactive ketones (excluding diaryl/α,β-unsaturated/α-hetero) is 1. The molecule has 1 N–H and O–H groups in total. The Morgan fingerprint density at radius 2 is 2.43 bits per heavy atom. The van der Waals surface area contributed by atoms with Gasteiger partial charge in [-0.05, 0) is 19.8 Å². The van der Waals surface area contributed by atoms with Gasteiger partial charge in [0.15, 0.2) is 5.78 Å². The summed E-state index contributed by atoms with van der Waals surface area (Å²) in [5.41, 5.74) is 0.881. The van der Waals surface area contributed by atoms with E-state index in [1.165, 1.54) is 0 Å². The average Bonchev–Trinajstić information content (AvgIpc) is 2.71. The minimum absolute atomic E-state index is 0.180. The highest BCUT2D eigenvalue weighted by Gasteiger charge is 2.27. The number of carbonyl (C=O) groups is 1. The SMILES string of the molecule is CC1CCC(C(=O)C2=COCC2)CN1. The Morgan fingerprint density at radius 3 is 3.00 bits per heavy atom. The molecule has 0 amide bonds. The number of hydrogen-bond acceptors (Lipinski definition) is 3. The minimum Gasteiger partial charge on any atom is -0.500 e. The van der Waals surface area contributed by atoms with Crippen LogP contribution >= 0.6 is 0 Å². The number of piperidine rings is 1. The third kappa shape index (κ3) is 1.98. The van der Waals surface area contributed by atoms with E-state index < -0.39 is 0 Å². The summed E-state index contributed by atoms with van der Waals surface area (Å²) in [5, 5.41) is 3.35. The highest BCUT2D eigenvalue weighted by Crippen LogP contribution is 2.22. The molecule has 2 heterocycles. The van der Waals surface area contributed by atoms with Crippen molar-refractivity contribution in [3.8, 4) is 0 Å². The third-order valence-corrected chi connectivity index (χ3v) is 3.06. The molecule has 2 aliphatic rings. The van der Waals surface area contributed by atoms with Crippen LogP contribution in [0.3, 0.4) is 0 Å². The highest BCUT2D eigenvalue weighted by molar-refractivity contribution is 5.97. The van der Waals surface area contributed by atoms with Crippen molar-refractivity contribution >= 4 is 5.78 Å². The minimum atomic E-state index is 0.180. The van der Waals surface area contributed by atoms with E-state index in [4.69, 9.17) is 4.74 Å². The molecule has 0 saturated carbocycles. The van der Waals surface area contributed by atoms with Crippen molar-refractivity contribution in [1.29, 1.82) is 0 Å². The number of ether oxygens (including phenoxy) is 1. The molecule has 0 aromatic carbocycles. The average molecular weight is 195 g/mol. The maximum atomic E-state index is 11.9. The van der Waals surface area contributed by atoms with Crippen molar-refractivity contribution in [2.45, 2.75) is 32.2 Å². The maximum Gasteiger partial charge on any atom is 0.166 e. The first-order valence-electron chi connectivity index (χ1n) is 5.35. The summed E-state index contributed by atoms with van der Waals surface area (Å²) in [6.45, 7) is 3.67. The second-order valence-corrected chi connectivity index (χ2v) is 4.21. The highest BCUT2D eigenvalue weighted by atomic mass is 16.5. The molecule has 0 bridgehead atoms. The zero-order valence-corrected chi connectivity index (χ0v) is 8.58. The van der Waals surface area contributed by atoms with Gasteiger partial charge in [0.05, 0.1) is 12.9 Å². The van der Waals surface area contributed by atoms with E-state index in [2.05, 4.69) is 12.2 Å². The largest absolute Gasteiger partial charge is 0.500 e. The second-order valence-electron chi connectivity index (χ2n) is 4.21. The molecule has 1 fully saturated rings. The van der Waals surface area contributed by atoms with Gasteiger partial charge in [-0.3, -0.25) is 4.79 Å². The number of carbonyl (C=O) groups excluding carboxylic acids is 1. The topological polar surface area (TPSA) is 38.3 Å². The van der Waals surface area contributed by atoms with E-state index in [0.29, 0.717) is 18.4 Å². The van der Waals surface area contributed by atoms with Gasteiger partial charge < -0.3 is 10.1 Å². The lowest BCUT2D eigenvalue weighted by molar-refractivity contribution is -0.119. The first-order valence-corrected chi connectivity index (χ1v) is 5.35. The molecule has 14 heavy (non-hydrogen) atoms. The molecule has 0 aromatic rings. The van der Waals surface area contributed by atoms with Gasteiger partial charge in [-0.15, -0.1) is 0 Å². The fourth-order valence-corrected chi connectivity index (χ4v) is 2.05. The predicted octanol–water partition coefficient (Wildman–Crippen LogP) is 1.25. The normalized spacial score (nSPS) is 32.2. The Labute approximate surface area is 84.5 Å². The lowest BCUT2D eigenvalue weighted by Gasteiger charge is -2.26. The van der Waals surface area contributed by atoms with Crippen LogP contribution in [0.15, 0.2) is 11.8 Å². The molecule has 78 valence electrons. The first-order chi connectivity index (χ1) is 6.77. The van der Waals surface area contributed by atoms with Gasteiger partial charge in [0.2, 0.25) is 0 Å². The number of ketones is 1. The van der Waals surface area contributed by atoms with Crippen LogP contribution in [0.25, 0.3) is 0 Å². The Balaban J connectivity index is 1.91. The molecular formula is C11H17NO2.